The van der Waals surface area contributed by atoms with Crippen LogP contribution in [0.3, 0.4) is 0 Å². The molecule has 26 heavy (non-hydrogen) atoms. The second-order valence-electron chi connectivity index (χ2n) is 6.50. The molecule has 138 valence electrons. The lowest BCUT2D eigenvalue weighted by Crippen LogP contribution is -2.40. The summed E-state index contributed by atoms with van der Waals surface area (Å²) in [5, 5.41) is 3.09. The molecule has 1 saturated heterocycles. The molecular formula is C21H26N2O3. The van der Waals surface area contributed by atoms with Gasteiger partial charge < -0.3 is 19.7 Å². The van der Waals surface area contributed by atoms with E-state index in [4.69, 9.17) is 9.47 Å². The predicted octanol–water partition coefficient (Wildman–Crippen LogP) is 3.03. The van der Waals surface area contributed by atoms with Crippen molar-refractivity contribution in [1.29, 1.82) is 0 Å². The molecule has 0 bridgehead atoms. The number of amides is 1. The number of hydrogen-bond acceptors (Lipinski definition) is 4. The zero-order chi connectivity index (χ0) is 18.4. The Kier molecular flexibility index (Phi) is 6.00. The van der Waals surface area contributed by atoms with Crippen LogP contribution in [0.2, 0.25) is 0 Å². The first kappa shape index (κ1) is 18.1. The van der Waals surface area contributed by atoms with Gasteiger partial charge in [-0.1, -0.05) is 24.3 Å². The van der Waals surface area contributed by atoms with E-state index in [9.17, 15) is 4.79 Å². The summed E-state index contributed by atoms with van der Waals surface area (Å²) in [4.78, 5) is 14.8. The van der Waals surface area contributed by atoms with E-state index >= 15 is 0 Å². The van der Waals surface area contributed by atoms with Crippen LogP contribution in [0.1, 0.15) is 18.4 Å². The van der Waals surface area contributed by atoms with Crippen LogP contribution in [0.25, 0.3) is 0 Å². The van der Waals surface area contributed by atoms with Crippen molar-refractivity contribution in [3.63, 3.8) is 0 Å². The third kappa shape index (κ3) is 4.28. The van der Waals surface area contributed by atoms with Gasteiger partial charge in [0.1, 0.15) is 0 Å². The Labute approximate surface area is 154 Å². The zero-order valence-corrected chi connectivity index (χ0v) is 15.4. The third-order valence-corrected chi connectivity index (χ3v) is 4.81. The number of hydrogen-bond donors (Lipinski definition) is 1. The highest BCUT2D eigenvalue weighted by molar-refractivity contribution is 5.79. The van der Waals surface area contributed by atoms with Gasteiger partial charge in [-0.25, -0.2) is 0 Å². The Balaban J connectivity index is 1.55. The molecule has 0 spiro atoms. The van der Waals surface area contributed by atoms with Gasteiger partial charge in [-0.2, -0.15) is 0 Å². The van der Waals surface area contributed by atoms with Crippen LogP contribution >= 0.6 is 0 Å². The van der Waals surface area contributed by atoms with E-state index in [1.54, 1.807) is 14.2 Å². The quantitative estimate of drug-likeness (QED) is 0.830. The molecule has 0 saturated carbocycles. The number of benzene rings is 2. The average molecular weight is 354 g/mol. The summed E-state index contributed by atoms with van der Waals surface area (Å²) in [5.41, 5.74) is 2.13. The van der Waals surface area contributed by atoms with Gasteiger partial charge in [0, 0.05) is 24.8 Å². The highest BCUT2D eigenvalue weighted by Crippen LogP contribution is 2.28. The Morgan fingerprint density at radius 2 is 1.88 bits per heavy atom. The monoisotopic (exact) mass is 354 g/mol. The summed E-state index contributed by atoms with van der Waals surface area (Å²) in [6.45, 7) is 1.71. The van der Waals surface area contributed by atoms with Crippen molar-refractivity contribution in [3.05, 3.63) is 54.1 Å². The minimum absolute atomic E-state index is 0.0251. The fraction of sp³-hybridized carbons (Fsp3) is 0.381. The van der Waals surface area contributed by atoms with Crippen molar-refractivity contribution in [2.45, 2.75) is 25.3 Å². The number of ether oxygens (including phenoxy) is 2. The molecule has 0 aromatic heterocycles. The molecular weight excluding hydrogens is 328 g/mol. The molecule has 2 aromatic rings. The molecule has 0 aliphatic carbocycles. The number of anilines is 1. The van der Waals surface area contributed by atoms with Gasteiger partial charge in [0.25, 0.3) is 0 Å². The van der Waals surface area contributed by atoms with Crippen LogP contribution < -0.4 is 19.7 Å². The van der Waals surface area contributed by atoms with Crippen molar-refractivity contribution < 1.29 is 14.3 Å². The lowest BCUT2D eigenvalue weighted by molar-refractivity contribution is -0.120. The van der Waals surface area contributed by atoms with Gasteiger partial charge in [-0.05, 0) is 42.7 Å². The second-order valence-corrected chi connectivity index (χ2v) is 6.50. The zero-order valence-electron chi connectivity index (χ0n) is 15.4. The largest absolute Gasteiger partial charge is 0.493 e. The Morgan fingerprint density at radius 3 is 2.62 bits per heavy atom. The van der Waals surface area contributed by atoms with Crippen molar-refractivity contribution >= 4 is 11.6 Å². The van der Waals surface area contributed by atoms with Crippen LogP contribution in [0.4, 0.5) is 5.69 Å². The Morgan fingerprint density at radius 1 is 1.12 bits per heavy atom. The van der Waals surface area contributed by atoms with E-state index in [1.165, 1.54) is 5.69 Å². The van der Waals surface area contributed by atoms with Gasteiger partial charge in [-0.3, -0.25) is 4.79 Å². The van der Waals surface area contributed by atoms with Gasteiger partial charge in [-0.15, -0.1) is 0 Å². The maximum absolute atomic E-state index is 12.4. The van der Waals surface area contributed by atoms with E-state index in [-0.39, 0.29) is 5.91 Å². The van der Waals surface area contributed by atoms with Crippen molar-refractivity contribution in [1.82, 2.24) is 5.32 Å². The summed E-state index contributed by atoms with van der Waals surface area (Å²) in [7, 11) is 3.20. The predicted molar refractivity (Wildman–Crippen MR) is 103 cm³/mol. The van der Waals surface area contributed by atoms with Gasteiger partial charge in [0.05, 0.1) is 20.6 Å². The highest BCUT2D eigenvalue weighted by Gasteiger charge is 2.24. The van der Waals surface area contributed by atoms with Crippen LogP contribution in [-0.4, -0.2) is 39.3 Å². The summed E-state index contributed by atoms with van der Waals surface area (Å²) < 4.78 is 10.5. The van der Waals surface area contributed by atoms with Crippen LogP contribution in [0, 0.1) is 0 Å². The van der Waals surface area contributed by atoms with E-state index in [2.05, 4.69) is 34.5 Å². The van der Waals surface area contributed by atoms with Gasteiger partial charge in [0.2, 0.25) is 5.91 Å². The number of rotatable bonds is 7. The molecule has 1 heterocycles. The minimum Gasteiger partial charge on any atom is -0.493 e. The van der Waals surface area contributed by atoms with Crippen LogP contribution in [-0.2, 0) is 11.2 Å². The normalized spacial score (nSPS) is 16.4. The molecule has 3 rings (SSSR count). The molecule has 5 nitrogen and oxygen atoms in total. The van der Waals surface area contributed by atoms with Gasteiger partial charge in [0.15, 0.2) is 11.5 Å². The topological polar surface area (TPSA) is 50.8 Å². The highest BCUT2D eigenvalue weighted by atomic mass is 16.5. The van der Waals surface area contributed by atoms with Crippen molar-refractivity contribution in [2.75, 3.05) is 32.2 Å². The molecule has 1 aliphatic rings. The number of carbonyl (C=O) groups is 1. The molecule has 1 N–H and O–H groups in total. The lowest BCUT2D eigenvalue weighted by atomic mass is 10.1. The average Bonchev–Trinajstić information content (AvgIpc) is 3.15. The first-order chi connectivity index (χ1) is 12.7. The molecule has 1 fully saturated rings. The van der Waals surface area contributed by atoms with Crippen molar-refractivity contribution in [3.8, 4) is 11.5 Å². The number of methoxy groups -OCH3 is 2. The van der Waals surface area contributed by atoms with E-state index < -0.39 is 0 Å². The summed E-state index contributed by atoms with van der Waals surface area (Å²) in [5.74, 6) is 1.34. The van der Waals surface area contributed by atoms with E-state index in [0.717, 1.165) is 24.9 Å². The van der Waals surface area contributed by atoms with Crippen LogP contribution in [0.5, 0.6) is 11.5 Å². The standard InChI is InChI=1S/C21H26N2O3/c1-25-19-11-10-16(13-20(19)26-2)14-21(24)22-15-18-9-6-12-23(18)17-7-4-3-5-8-17/h3-5,7-8,10-11,13,18H,6,9,12,14-15H2,1-2H3,(H,22,24)/t18-/m0/s1. The molecule has 0 unspecified atom stereocenters. The second kappa shape index (κ2) is 8.61. The summed E-state index contributed by atoms with van der Waals surface area (Å²) >= 11 is 0. The SMILES string of the molecule is COc1ccc(CC(=O)NC[C@@H]2CCCN2c2ccccc2)cc1OC. The number of carbonyl (C=O) groups excluding carboxylic acids is 1. The number of nitrogens with zero attached hydrogens (tertiary/aromatic N) is 1. The molecule has 1 aliphatic heterocycles. The molecule has 1 atom stereocenters. The lowest BCUT2D eigenvalue weighted by Gasteiger charge is -2.27. The maximum Gasteiger partial charge on any atom is 0.224 e. The van der Waals surface area contributed by atoms with Crippen LogP contribution in [0.15, 0.2) is 48.5 Å². The van der Waals surface area contributed by atoms with Gasteiger partial charge >= 0.3 is 0 Å². The smallest absolute Gasteiger partial charge is 0.224 e. The fourth-order valence-electron chi connectivity index (χ4n) is 3.48. The maximum atomic E-state index is 12.4. The minimum atomic E-state index is 0.0251. The summed E-state index contributed by atoms with van der Waals surface area (Å²) in [6.07, 6.45) is 2.59. The van der Waals surface area contributed by atoms with E-state index in [0.29, 0.717) is 30.5 Å². The first-order valence-electron chi connectivity index (χ1n) is 9.00. The first-order valence-corrected chi connectivity index (χ1v) is 9.00. The fourth-order valence-corrected chi connectivity index (χ4v) is 3.48. The molecule has 2 aromatic carbocycles. The molecule has 1 amide bonds. The van der Waals surface area contributed by atoms with Crippen molar-refractivity contribution in [2.24, 2.45) is 0 Å². The summed E-state index contributed by atoms with van der Waals surface area (Å²) in [6, 6.07) is 16.3. The third-order valence-electron chi connectivity index (χ3n) is 4.81. The number of para-hydroxylation sites is 1. The number of nitrogens with one attached hydrogen (secondary N) is 1. The Bertz CT molecular complexity index is 733. The molecule has 0 radical (unpaired) electrons. The van der Waals surface area contributed by atoms with E-state index in [1.807, 2.05) is 24.3 Å². The molecule has 5 heteroatoms. The Hall–Kier alpha value is -2.69.